The van der Waals surface area contributed by atoms with Gasteiger partial charge in [-0.3, -0.25) is 4.79 Å². The number of fused-ring (bicyclic) bond motifs is 2. The van der Waals surface area contributed by atoms with Gasteiger partial charge in [0, 0.05) is 27.5 Å². The molecule has 2 bridgehead atoms. The number of hydrogen-bond acceptors (Lipinski definition) is 4. The number of benzene rings is 2. The van der Waals surface area contributed by atoms with Crippen molar-refractivity contribution < 1.29 is 23.8 Å². The lowest BCUT2D eigenvalue weighted by Gasteiger charge is -2.41. The molecule has 0 aliphatic heterocycles. The smallest absolute Gasteiger partial charge is 0.255 e. The number of thioether (sulfide) groups is 1. The number of aliphatic hydroxyl groups excluding tert-OH is 1. The van der Waals surface area contributed by atoms with E-state index in [9.17, 15) is 23.8 Å². The summed E-state index contributed by atoms with van der Waals surface area (Å²) in [6.45, 7) is -0.208. The van der Waals surface area contributed by atoms with Gasteiger partial charge >= 0.3 is 0 Å². The number of hydrogen-bond donors (Lipinski definition) is 3. The Balaban J connectivity index is 1.47. The van der Waals surface area contributed by atoms with E-state index in [1.807, 2.05) is 0 Å². The summed E-state index contributed by atoms with van der Waals surface area (Å²) in [5, 5.41) is 23.7. The van der Waals surface area contributed by atoms with E-state index in [-0.39, 0.29) is 29.4 Å². The van der Waals surface area contributed by atoms with E-state index < -0.39 is 23.1 Å². The lowest BCUT2D eigenvalue weighted by atomic mass is 9.75. The monoisotopic (exact) mass is 453 g/mol. The van der Waals surface area contributed by atoms with Gasteiger partial charge in [0.2, 0.25) is 0 Å². The van der Waals surface area contributed by atoms with Crippen LogP contribution in [0.2, 0.25) is 5.02 Å². The maximum atomic E-state index is 13.4. The van der Waals surface area contributed by atoms with Gasteiger partial charge in [-0.25, -0.2) is 8.78 Å². The highest BCUT2D eigenvalue weighted by atomic mass is 35.5. The van der Waals surface area contributed by atoms with E-state index in [0.717, 1.165) is 42.7 Å². The summed E-state index contributed by atoms with van der Waals surface area (Å²) in [4.78, 5) is 13.3. The number of carbonyl (C=O) groups is 1. The van der Waals surface area contributed by atoms with Crippen LogP contribution in [0, 0.1) is 23.5 Å². The molecule has 2 aliphatic rings. The summed E-state index contributed by atoms with van der Waals surface area (Å²) in [6, 6.07) is 8.10. The van der Waals surface area contributed by atoms with Crippen molar-refractivity contribution in [1.82, 2.24) is 0 Å². The first-order valence-corrected chi connectivity index (χ1v) is 11.1. The van der Waals surface area contributed by atoms with Gasteiger partial charge in [-0.15, -0.1) is 11.8 Å². The molecule has 1 amide bonds. The van der Waals surface area contributed by atoms with Gasteiger partial charge in [0.05, 0.1) is 17.2 Å². The molecule has 0 heterocycles. The van der Waals surface area contributed by atoms with Gasteiger partial charge in [0.15, 0.2) is 11.6 Å². The Labute approximate surface area is 182 Å². The van der Waals surface area contributed by atoms with Crippen molar-refractivity contribution in [3.05, 3.63) is 58.6 Å². The summed E-state index contributed by atoms with van der Waals surface area (Å²) in [5.74, 6) is -2.32. The van der Waals surface area contributed by atoms with Crippen LogP contribution in [0.1, 0.15) is 36.0 Å². The maximum absolute atomic E-state index is 13.4. The summed E-state index contributed by atoms with van der Waals surface area (Å²) in [5.41, 5.74) is -0.458. The molecule has 0 aromatic heterocycles. The van der Waals surface area contributed by atoms with Crippen LogP contribution in [0.15, 0.2) is 41.3 Å². The van der Waals surface area contributed by atoms with E-state index >= 15 is 0 Å². The molecule has 4 atom stereocenters. The van der Waals surface area contributed by atoms with Gasteiger partial charge in [-0.1, -0.05) is 11.6 Å². The molecule has 2 saturated carbocycles. The van der Waals surface area contributed by atoms with Crippen molar-refractivity contribution in [2.75, 3.05) is 11.9 Å². The zero-order chi connectivity index (χ0) is 21.5. The Kier molecular flexibility index (Phi) is 6.08. The maximum Gasteiger partial charge on any atom is 0.255 e. The fourth-order valence-corrected chi connectivity index (χ4v) is 6.30. The molecule has 2 fully saturated rings. The molecule has 2 aromatic rings. The highest BCUT2D eigenvalue weighted by molar-refractivity contribution is 8.00. The molecule has 0 spiro atoms. The van der Waals surface area contributed by atoms with Gasteiger partial charge in [0.1, 0.15) is 0 Å². The first-order chi connectivity index (χ1) is 14.3. The first kappa shape index (κ1) is 21.6. The minimum absolute atomic E-state index is 0.0670. The van der Waals surface area contributed by atoms with E-state index in [4.69, 9.17) is 11.6 Å². The first-order valence-electron chi connectivity index (χ1n) is 9.86. The minimum atomic E-state index is -1.03. The number of aliphatic hydroxyl groups is 2. The molecule has 2 aromatic carbocycles. The predicted molar refractivity (Wildman–Crippen MR) is 113 cm³/mol. The molecule has 8 heteroatoms. The van der Waals surface area contributed by atoms with Crippen molar-refractivity contribution >= 4 is 35.0 Å². The van der Waals surface area contributed by atoms with Crippen LogP contribution in [-0.4, -0.2) is 33.6 Å². The Hall–Kier alpha value is -1.67. The molecular formula is C22H22ClF2NO3S. The van der Waals surface area contributed by atoms with Crippen molar-refractivity contribution in [1.29, 1.82) is 0 Å². The average Bonchev–Trinajstić information content (AvgIpc) is 2.89. The quantitative estimate of drug-likeness (QED) is 0.603. The lowest BCUT2D eigenvalue weighted by molar-refractivity contribution is -0.0939. The predicted octanol–water partition coefficient (Wildman–Crippen LogP) is 4.87. The van der Waals surface area contributed by atoms with Crippen molar-refractivity contribution in [2.24, 2.45) is 11.8 Å². The van der Waals surface area contributed by atoms with Gasteiger partial charge in [-0.2, -0.15) is 0 Å². The molecule has 3 unspecified atom stereocenters. The van der Waals surface area contributed by atoms with Gasteiger partial charge in [-0.05, 0) is 67.9 Å². The van der Waals surface area contributed by atoms with E-state index in [2.05, 4.69) is 5.32 Å². The second kappa shape index (κ2) is 8.46. The highest BCUT2D eigenvalue weighted by Crippen LogP contribution is 2.53. The zero-order valence-corrected chi connectivity index (χ0v) is 17.6. The SMILES string of the molecule is O=C(Nc1ccc(F)c(F)c1)c1ccc(Cl)c(SC2CC3CC[C@@H](C2)C3(O)CO)c1. The van der Waals surface area contributed by atoms with Crippen LogP contribution in [0.3, 0.4) is 0 Å². The normalized spacial score (nSPS) is 27.8. The summed E-state index contributed by atoms with van der Waals surface area (Å²) in [7, 11) is 0. The average molecular weight is 454 g/mol. The molecule has 160 valence electrons. The Bertz CT molecular complexity index is 959. The summed E-state index contributed by atoms with van der Waals surface area (Å²) in [6.07, 6.45) is 3.37. The third-order valence-corrected chi connectivity index (χ3v) is 8.04. The van der Waals surface area contributed by atoms with Crippen LogP contribution >= 0.6 is 23.4 Å². The number of carbonyl (C=O) groups excluding carboxylic acids is 1. The van der Waals surface area contributed by atoms with Crippen LogP contribution < -0.4 is 5.32 Å². The fraction of sp³-hybridized carbons (Fsp3) is 0.409. The third kappa shape index (κ3) is 4.08. The highest BCUT2D eigenvalue weighted by Gasteiger charge is 2.53. The second-order valence-corrected chi connectivity index (χ2v) is 9.81. The second-order valence-electron chi connectivity index (χ2n) is 8.06. The number of halogens is 3. The van der Waals surface area contributed by atoms with Crippen molar-refractivity contribution in [3.63, 3.8) is 0 Å². The van der Waals surface area contributed by atoms with Gasteiger partial charge < -0.3 is 15.5 Å². The molecule has 4 rings (SSSR count). The van der Waals surface area contributed by atoms with Crippen LogP contribution in [0.25, 0.3) is 0 Å². The number of rotatable bonds is 5. The van der Waals surface area contributed by atoms with Crippen LogP contribution in [0.5, 0.6) is 0 Å². The third-order valence-electron chi connectivity index (χ3n) is 6.29. The largest absolute Gasteiger partial charge is 0.393 e. The fourth-order valence-electron chi connectivity index (χ4n) is 4.66. The topological polar surface area (TPSA) is 69.6 Å². The number of anilines is 1. The molecular weight excluding hydrogens is 432 g/mol. The van der Waals surface area contributed by atoms with Crippen molar-refractivity contribution in [2.45, 2.75) is 41.4 Å². The van der Waals surface area contributed by atoms with E-state index in [1.165, 1.54) is 6.07 Å². The Morgan fingerprint density at radius 3 is 2.47 bits per heavy atom. The lowest BCUT2D eigenvalue weighted by Crippen LogP contribution is -2.48. The number of amides is 1. The summed E-state index contributed by atoms with van der Waals surface area (Å²) < 4.78 is 26.5. The Morgan fingerprint density at radius 1 is 1.13 bits per heavy atom. The molecule has 0 saturated heterocycles. The van der Waals surface area contributed by atoms with Crippen LogP contribution in [0.4, 0.5) is 14.5 Å². The molecule has 0 radical (unpaired) electrons. The van der Waals surface area contributed by atoms with E-state index in [0.29, 0.717) is 10.6 Å². The van der Waals surface area contributed by atoms with Gasteiger partial charge in [0.25, 0.3) is 5.91 Å². The van der Waals surface area contributed by atoms with Crippen LogP contribution in [-0.2, 0) is 0 Å². The Morgan fingerprint density at radius 2 is 1.83 bits per heavy atom. The molecule has 2 aliphatic carbocycles. The molecule has 3 N–H and O–H groups in total. The minimum Gasteiger partial charge on any atom is -0.393 e. The summed E-state index contributed by atoms with van der Waals surface area (Å²) >= 11 is 7.93. The number of nitrogens with one attached hydrogen (secondary N) is 1. The van der Waals surface area contributed by atoms with E-state index in [1.54, 1.807) is 30.0 Å². The molecule has 4 nitrogen and oxygen atoms in total. The standard InChI is InChI=1S/C22H22ClF2NO3S/c23-17-5-1-12(21(28)26-15-4-6-18(24)19(25)10-15)7-20(17)30-16-8-13-2-3-14(9-16)22(13,29)11-27/h1,4-7,10,13-14,16,27,29H,2-3,8-9,11H2,(H,26,28)/t13-,14?,16?,22?/m0/s1. The van der Waals surface area contributed by atoms with Crippen molar-refractivity contribution in [3.8, 4) is 0 Å². The molecule has 30 heavy (non-hydrogen) atoms. The zero-order valence-electron chi connectivity index (χ0n) is 16.1.